The van der Waals surface area contributed by atoms with Crippen molar-refractivity contribution in [3.63, 3.8) is 0 Å². The summed E-state index contributed by atoms with van der Waals surface area (Å²) in [5.41, 5.74) is 0. The zero-order chi connectivity index (χ0) is 67.2. The molecule has 5 atom stereocenters. The van der Waals surface area contributed by atoms with Crippen LogP contribution in [0.3, 0.4) is 0 Å². The molecule has 0 aromatic rings. The maximum Gasteiger partial charge on any atom is 0.472 e. The number of hydrogen-bond donors (Lipinski definition) is 3. The first-order valence-electron chi connectivity index (χ1n) is 37.5. The Kier molecular flexibility index (Phi) is 62.7. The van der Waals surface area contributed by atoms with Crippen molar-refractivity contribution in [2.45, 2.75) is 387 Å². The molecule has 540 valence electrons. The minimum absolute atomic E-state index is 0.107. The van der Waals surface area contributed by atoms with Crippen molar-refractivity contribution in [2.75, 3.05) is 39.6 Å². The van der Waals surface area contributed by atoms with E-state index in [9.17, 15) is 43.2 Å². The van der Waals surface area contributed by atoms with E-state index in [4.69, 9.17) is 37.0 Å². The highest BCUT2D eigenvalue weighted by Crippen LogP contribution is 2.45. The predicted molar refractivity (Wildman–Crippen MR) is 368 cm³/mol. The molecule has 0 heterocycles. The number of ether oxygens (including phenoxy) is 4. The quantitative estimate of drug-likeness (QED) is 0.0222. The van der Waals surface area contributed by atoms with Crippen molar-refractivity contribution in [2.24, 2.45) is 11.8 Å². The average Bonchev–Trinajstić information content (AvgIpc) is 2.17. The molecule has 0 rings (SSSR count). The Morgan fingerprint density at radius 1 is 0.297 bits per heavy atom. The molecule has 0 radical (unpaired) electrons. The van der Waals surface area contributed by atoms with E-state index >= 15 is 0 Å². The maximum absolute atomic E-state index is 13.0. The number of phosphoric ester groups is 2. The van der Waals surface area contributed by atoms with Crippen LogP contribution < -0.4 is 0 Å². The van der Waals surface area contributed by atoms with E-state index in [0.717, 1.165) is 102 Å². The van der Waals surface area contributed by atoms with Gasteiger partial charge in [0, 0.05) is 25.7 Å². The Morgan fingerprint density at radius 2 is 0.505 bits per heavy atom. The molecule has 0 aromatic carbocycles. The van der Waals surface area contributed by atoms with Gasteiger partial charge in [-0.3, -0.25) is 37.3 Å². The molecule has 0 saturated heterocycles. The molecule has 19 heteroatoms. The van der Waals surface area contributed by atoms with Crippen molar-refractivity contribution >= 4 is 39.5 Å². The van der Waals surface area contributed by atoms with Crippen LogP contribution in [-0.4, -0.2) is 96.7 Å². The van der Waals surface area contributed by atoms with E-state index in [1.54, 1.807) is 0 Å². The van der Waals surface area contributed by atoms with E-state index in [1.165, 1.54) is 186 Å². The summed E-state index contributed by atoms with van der Waals surface area (Å²) in [6.45, 7) is 9.57. The van der Waals surface area contributed by atoms with Crippen LogP contribution in [-0.2, 0) is 65.4 Å². The fraction of sp³-hybridized carbons (Fsp3) is 0.944. The van der Waals surface area contributed by atoms with Gasteiger partial charge in [-0.15, -0.1) is 0 Å². The van der Waals surface area contributed by atoms with Gasteiger partial charge in [0.15, 0.2) is 12.2 Å². The van der Waals surface area contributed by atoms with Crippen LogP contribution in [0, 0.1) is 11.8 Å². The van der Waals surface area contributed by atoms with Gasteiger partial charge in [0.2, 0.25) is 0 Å². The predicted octanol–water partition coefficient (Wildman–Crippen LogP) is 20.8. The number of rotatable bonds is 71. The molecule has 0 aliphatic carbocycles. The van der Waals surface area contributed by atoms with Gasteiger partial charge in [-0.2, -0.15) is 0 Å². The number of phosphoric acid groups is 2. The lowest BCUT2D eigenvalue weighted by Crippen LogP contribution is -2.30. The van der Waals surface area contributed by atoms with Gasteiger partial charge in [0.05, 0.1) is 26.4 Å². The molecule has 0 amide bonds. The standard InChI is InChI=1S/C72H140O17P2/c1-7-9-11-13-15-17-18-25-32-38-44-50-56-71(76)88-67(60-82-69(74)54-48-42-36-28-16-14-12-10-8-2)62-86-90(78,79)84-58-66(73)59-85-91(80,81)87-63-68(89-72(77)57-51-45-39-33-27-22-20-24-30-35-41-47-53-65(5)6)61-83-70(75)55-49-43-37-31-26-21-19-23-29-34-40-46-52-64(3)4/h64-68,73H,7-63H2,1-6H3,(H,78,79)(H,80,81)/t66-,67+,68+/m0/s1. The molecule has 0 aliphatic rings. The van der Waals surface area contributed by atoms with E-state index in [2.05, 4.69) is 41.5 Å². The number of aliphatic hydroxyl groups excluding tert-OH is 1. The molecule has 91 heavy (non-hydrogen) atoms. The summed E-state index contributed by atoms with van der Waals surface area (Å²) in [6.07, 6.45) is 49.8. The monoisotopic (exact) mass is 1340 g/mol. The third-order valence-electron chi connectivity index (χ3n) is 16.7. The molecule has 3 N–H and O–H groups in total. The number of unbranched alkanes of at least 4 members (excludes halogenated alkanes) is 41. The van der Waals surface area contributed by atoms with E-state index in [1.807, 2.05) is 0 Å². The fourth-order valence-corrected chi connectivity index (χ4v) is 12.5. The molecule has 0 bridgehead atoms. The van der Waals surface area contributed by atoms with Gasteiger partial charge < -0.3 is 33.8 Å². The summed E-state index contributed by atoms with van der Waals surface area (Å²) in [5.74, 6) is -0.562. The lowest BCUT2D eigenvalue weighted by molar-refractivity contribution is -0.161. The summed E-state index contributed by atoms with van der Waals surface area (Å²) in [6, 6.07) is 0. The van der Waals surface area contributed by atoms with Gasteiger partial charge in [0.25, 0.3) is 0 Å². The summed E-state index contributed by atoms with van der Waals surface area (Å²) in [7, 11) is -9.90. The number of hydrogen-bond acceptors (Lipinski definition) is 15. The minimum atomic E-state index is -4.95. The molecule has 17 nitrogen and oxygen atoms in total. The van der Waals surface area contributed by atoms with Crippen LogP contribution in [0.25, 0.3) is 0 Å². The lowest BCUT2D eigenvalue weighted by Gasteiger charge is -2.21. The van der Waals surface area contributed by atoms with Crippen molar-refractivity contribution in [3.8, 4) is 0 Å². The Morgan fingerprint density at radius 3 is 0.747 bits per heavy atom. The van der Waals surface area contributed by atoms with Crippen LogP contribution in [0.4, 0.5) is 0 Å². The van der Waals surface area contributed by atoms with E-state index in [0.29, 0.717) is 25.7 Å². The Bertz CT molecular complexity index is 1770. The highest BCUT2D eigenvalue weighted by atomic mass is 31.2. The van der Waals surface area contributed by atoms with Crippen LogP contribution in [0.5, 0.6) is 0 Å². The molecule has 0 aromatic heterocycles. The second-order valence-electron chi connectivity index (χ2n) is 26.9. The van der Waals surface area contributed by atoms with Gasteiger partial charge >= 0.3 is 39.5 Å². The highest BCUT2D eigenvalue weighted by Gasteiger charge is 2.30. The fourth-order valence-electron chi connectivity index (χ4n) is 10.9. The molecule has 0 saturated carbocycles. The van der Waals surface area contributed by atoms with Crippen LogP contribution in [0.15, 0.2) is 0 Å². The summed E-state index contributed by atoms with van der Waals surface area (Å²) < 4.78 is 68.3. The van der Waals surface area contributed by atoms with E-state index < -0.39 is 97.5 Å². The molecule has 0 spiro atoms. The van der Waals surface area contributed by atoms with Crippen LogP contribution >= 0.6 is 15.6 Å². The lowest BCUT2D eigenvalue weighted by atomic mass is 10.0. The molecular weight excluding hydrogens is 1200 g/mol. The second kappa shape index (κ2) is 64.1. The zero-order valence-electron chi connectivity index (χ0n) is 59.1. The van der Waals surface area contributed by atoms with Crippen LogP contribution in [0.1, 0.15) is 369 Å². The van der Waals surface area contributed by atoms with Gasteiger partial charge in [-0.25, -0.2) is 9.13 Å². The smallest absolute Gasteiger partial charge is 0.462 e. The first kappa shape index (κ1) is 89.1. The Balaban J connectivity index is 5.24. The SMILES string of the molecule is CCCCCCCCCCCCCCC(=O)O[C@H](COC(=O)CCCCCCCCCCC)COP(=O)(O)OC[C@H](O)COP(=O)(O)OC[C@@H](COC(=O)CCCCCCCCCCCCCCC(C)C)OC(=O)CCCCCCCCCCCCCCC(C)C. The number of carbonyl (C=O) groups is 4. The van der Waals surface area contributed by atoms with Crippen molar-refractivity contribution in [1.29, 1.82) is 0 Å². The Labute approximate surface area is 556 Å². The second-order valence-corrected chi connectivity index (χ2v) is 29.8. The third kappa shape index (κ3) is 66.5. The maximum atomic E-state index is 13.0. The van der Waals surface area contributed by atoms with Crippen LogP contribution in [0.2, 0.25) is 0 Å². The first-order chi connectivity index (χ1) is 43.9. The van der Waals surface area contributed by atoms with Gasteiger partial charge in [0.1, 0.15) is 19.3 Å². The molecular formula is C72H140O17P2. The number of carbonyl (C=O) groups excluding carboxylic acids is 4. The molecule has 2 unspecified atom stereocenters. The van der Waals surface area contributed by atoms with Crippen molar-refractivity contribution in [3.05, 3.63) is 0 Å². The summed E-state index contributed by atoms with van der Waals surface area (Å²) >= 11 is 0. The third-order valence-corrected chi connectivity index (χ3v) is 18.6. The average molecular weight is 1340 g/mol. The minimum Gasteiger partial charge on any atom is -0.462 e. The highest BCUT2D eigenvalue weighted by molar-refractivity contribution is 7.47. The Hall–Kier alpha value is -1.94. The van der Waals surface area contributed by atoms with E-state index in [-0.39, 0.29) is 25.7 Å². The topological polar surface area (TPSA) is 237 Å². The summed E-state index contributed by atoms with van der Waals surface area (Å²) in [5, 5.41) is 10.6. The molecule has 0 aliphatic heterocycles. The van der Waals surface area contributed by atoms with Crippen molar-refractivity contribution < 1.29 is 80.2 Å². The summed E-state index contributed by atoms with van der Waals surface area (Å²) in [4.78, 5) is 72.6. The van der Waals surface area contributed by atoms with Crippen molar-refractivity contribution in [1.82, 2.24) is 0 Å². The zero-order valence-corrected chi connectivity index (χ0v) is 60.9. The number of aliphatic hydroxyl groups is 1. The molecule has 0 fully saturated rings. The van der Waals surface area contributed by atoms with Gasteiger partial charge in [-0.05, 0) is 37.5 Å². The normalized spacial score (nSPS) is 14.1. The number of esters is 4. The van der Waals surface area contributed by atoms with Gasteiger partial charge in [-0.1, -0.05) is 318 Å². The first-order valence-corrected chi connectivity index (χ1v) is 40.5. The largest absolute Gasteiger partial charge is 0.472 e.